The Morgan fingerprint density at radius 3 is 2.46 bits per heavy atom. The minimum Gasteiger partial charge on any atom is -0.492 e. The Kier molecular flexibility index (Phi) is 7.32. The summed E-state index contributed by atoms with van der Waals surface area (Å²) in [4.78, 5) is 11.9. The molecule has 0 unspecified atom stereocenters. The molecule has 1 heterocycles. The highest BCUT2D eigenvalue weighted by Crippen LogP contribution is 2.24. The summed E-state index contributed by atoms with van der Waals surface area (Å²) in [7, 11) is 0. The molecule has 0 atom stereocenters. The molecule has 1 aromatic carbocycles. The zero-order chi connectivity index (χ0) is 16.9. The van der Waals surface area contributed by atoms with E-state index in [-0.39, 0.29) is 30.3 Å². The molecule has 1 amide bonds. The third kappa shape index (κ3) is 5.58. The van der Waals surface area contributed by atoms with Gasteiger partial charge >= 0.3 is 0 Å². The van der Waals surface area contributed by atoms with Gasteiger partial charge in [0.25, 0.3) is 5.91 Å². The van der Waals surface area contributed by atoms with Crippen molar-refractivity contribution >= 4 is 18.3 Å². The summed E-state index contributed by atoms with van der Waals surface area (Å²) in [6.45, 7) is 7.62. The average Bonchev–Trinajstić information content (AvgIpc) is 3.00. The van der Waals surface area contributed by atoms with E-state index in [1.807, 2.05) is 12.1 Å². The summed E-state index contributed by atoms with van der Waals surface area (Å²) in [6.07, 6.45) is 1.41. The molecule has 1 aromatic heterocycles. The lowest BCUT2D eigenvalue weighted by atomic mass is 9.87. The van der Waals surface area contributed by atoms with Crippen molar-refractivity contribution < 1.29 is 13.9 Å². The molecule has 0 aliphatic carbocycles. The SMILES string of the molecule is CC(C)(C)c1ccc(OCCNC(=O)c2coc(CN)c2)cc1.Cl. The van der Waals surface area contributed by atoms with Crippen molar-refractivity contribution in [1.82, 2.24) is 5.32 Å². The van der Waals surface area contributed by atoms with E-state index in [1.165, 1.54) is 11.8 Å². The molecule has 0 aliphatic rings. The molecule has 0 aliphatic heterocycles. The zero-order valence-electron chi connectivity index (χ0n) is 14.3. The van der Waals surface area contributed by atoms with Gasteiger partial charge in [0.05, 0.1) is 18.7 Å². The van der Waals surface area contributed by atoms with Gasteiger partial charge in [-0.2, -0.15) is 0 Å². The Bertz CT molecular complexity index is 645. The summed E-state index contributed by atoms with van der Waals surface area (Å²) in [5.74, 6) is 1.19. The summed E-state index contributed by atoms with van der Waals surface area (Å²) < 4.78 is 10.8. The maximum Gasteiger partial charge on any atom is 0.254 e. The fraction of sp³-hybridized carbons (Fsp3) is 0.389. The first-order valence-corrected chi connectivity index (χ1v) is 7.69. The molecule has 3 N–H and O–H groups in total. The lowest BCUT2D eigenvalue weighted by Gasteiger charge is -2.19. The Morgan fingerprint density at radius 2 is 1.92 bits per heavy atom. The molecule has 132 valence electrons. The lowest BCUT2D eigenvalue weighted by Crippen LogP contribution is -2.27. The van der Waals surface area contributed by atoms with Crippen LogP contribution < -0.4 is 15.8 Å². The third-order valence-electron chi connectivity index (χ3n) is 3.49. The van der Waals surface area contributed by atoms with Crippen molar-refractivity contribution in [2.24, 2.45) is 5.73 Å². The number of hydrogen-bond acceptors (Lipinski definition) is 4. The van der Waals surface area contributed by atoms with Gasteiger partial charge in [0.2, 0.25) is 0 Å². The predicted molar refractivity (Wildman–Crippen MR) is 96.8 cm³/mol. The molecule has 0 bridgehead atoms. The first kappa shape index (κ1) is 20.1. The highest BCUT2D eigenvalue weighted by atomic mass is 35.5. The van der Waals surface area contributed by atoms with Crippen LogP contribution in [0, 0.1) is 0 Å². The molecule has 2 rings (SSSR count). The van der Waals surface area contributed by atoms with E-state index in [4.69, 9.17) is 14.9 Å². The van der Waals surface area contributed by atoms with E-state index >= 15 is 0 Å². The smallest absolute Gasteiger partial charge is 0.254 e. The number of rotatable bonds is 6. The molecule has 0 saturated heterocycles. The van der Waals surface area contributed by atoms with E-state index < -0.39 is 0 Å². The van der Waals surface area contributed by atoms with Crippen molar-refractivity contribution in [3.8, 4) is 5.75 Å². The first-order chi connectivity index (χ1) is 10.9. The van der Waals surface area contributed by atoms with Gasteiger partial charge in [0, 0.05) is 0 Å². The minimum absolute atomic E-state index is 0. The highest BCUT2D eigenvalue weighted by Gasteiger charge is 2.13. The van der Waals surface area contributed by atoms with Crippen LogP contribution in [0.2, 0.25) is 0 Å². The van der Waals surface area contributed by atoms with E-state index in [0.717, 1.165) is 5.75 Å². The topological polar surface area (TPSA) is 77.5 Å². The number of furan rings is 1. The first-order valence-electron chi connectivity index (χ1n) is 7.69. The van der Waals surface area contributed by atoms with Crippen LogP contribution in [0.5, 0.6) is 5.75 Å². The number of carbonyl (C=O) groups excluding carboxylic acids is 1. The molecular weight excluding hydrogens is 328 g/mol. The molecule has 0 saturated carbocycles. The van der Waals surface area contributed by atoms with Crippen LogP contribution in [0.15, 0.2) is 41.0 Å². The average molecular weight is 353 g/mol. The van der Waals surface area contributed by atoms with Crippen molar-refractivity contribution in [1.29, 1.82) is 0 Å². The number of nitrogens with two attached hydrogens (primary N) is 1. The van der Waals surface area contributed by atoms with E-state index in [2.05, 4.69) is 38.2 Å². The second-order valence-electron chi connectivity index (χ2n) is 6.38. The molecule has 24 heavy (non-hydrogen) atoms. The van der Waals surface area contributed by atoms with Gasteiger partial charge < -0.3 is 20.2 Å². The number of carbonyl (C=O) groups is 1. The van der Waals surface area contributed by atoms with Crippen LogP contribution >= 0.6 is 12.4 Å². The van der Waals surface area contributed by atoms with Crippen LogP contribution in [0.1, 0.15) is 42.5 Å². The van der Waals surface area contributed by atoms with Gasteiger partial charge in [0.15, 0.2) is 0 Å². The van der Waals surface area contributed by atoms with Gasteiger partial charge in [-0.15, -0.1) is 12.4 Å². The summed E-state index contributed by atoms with van der Waals surface area (Å²) >= 11 is 0. The number of ether oxygens (including phenoxy) is 1. The standard InChI is InChI=1S/C18H24N2O3.ClH/c1-18(2,3)14-4-6-15(7-5-14)22-9-8-20-17(21)13-10-16(11-19)23-12-13;/h4-7,10,12H,8-9,11,19H2,1-3H3,(H,20,21);1H. The lowest BCUT2D eigenvalue weighted by molar-refractivity contribution is 0.0946. The van der Waals surface area contributed by atoms with Crippen molar-refractivity contribution in [3.05, 3.63) is 53.5 Å². The fourth-order valence-corrected chi connectivity index (χ4v) is 2.09. The summed E-state index contributed by atoms with van der Waals surface area (Å²) in [5, 5.41) is 2.78. The van der Waals surface area contributed by atoms with Gasteiger partial charge in [-0.3, -0.25) is 4.79 Å². The number of benzene rings is 1. The van der Waals surface area contributed by atoms with Gasteiger partial charge in [0.1, 0.15) is 24.4 Å². The van der Waals surface area contributed by atoms with Crippen LogP contribution in [-0.4, -0.2) is 19.1 Å². The second kappa shape index (κ2) is 8.76. The van der Waals surface area contributed by atoms with E-state index in [1.54, 1.807) is 6.07 Å². The Balaban J connectivity index is 0.00000288. The van der Waals surface area contributed by atoms with Crippen LogP contribution in [0.25, 0.3) is 0 Å². The summed E-state index contributed by atoms with van der Waals surface area (Å²) in [5.41, 5.74) is 7.30. The Labute approximate surface area is 149 Å². The maximum absolute atomic E-state index is 11.9. The van der Waals surface area contributed by atoms with Crippen LogP contribution in [0.4, 0.5) is 0 Å². The van der Waals surface area contributed by atoms with Gasteiger partial charge in [-0.05, 0) is 29.2 Å². The van der Waals surface area contributed by atoms with E-state index in [0.29, 0.717) is 24.5 Å². The molecule has 0 fully saturated rings. The monoisotopic (exact) mass is 352 g/mol. The molecule has 0 radical (unpaired) electrons. The summed E-state index contributed by atoms with van der Waals surface area (Å²) in [6, 6.07) is 9.67. The molecule has 5 nitrogen and oxygen atoms in total. The van der Waals surface area contributed by atoms with E-state index in [9.17, 15) is 4.79 Å². The van der Waals surface area contributed by atoms with Gasteiger partial charge in [-0.25, -0.2) is 0 Å². The molecule has 6 heteroatoms. The largest absolute Gasteiger partial charge is 0.492 e. The van der Waals surface area contributed by atoms with Gasteiger partial charge in [-0.1, -0.05) is 32.9 Å². The zero-order valence-corrected chi connectivity index (χ0v) is 15.1. The molecule has 0 spiro atoms. The quantitative estimate of drug-likeness (QED) is 0.782. The Hall–Kier alpha value is -1.98. The number of nitrogens with one attached hydrogen (secondary N) is 1. The number of amides is 1. The highest BCUT2D eigenvalue weighted by molar-refractivity contribution is 5.93. The maximum atomic E-state index is 11.9. The van der Waals surface area contributed by atoms with Crippen LogP contribution in [-0.2, 0) is 12.0 Å². The Morgan fingerprint density at radius 1 is 1.25 bits per heavy atom. The van der Waals surface area contributed by atoms with Crippen LogP contribution in [0.3, 0.4) is 0 Å². The third-order valence-corrected chi connectivity index (χ3v) is 3.49. The predicted octanol–water partition coefficient (Wildman–Crippen LogP) is 3.27. The fourth-order valence-electron chi connectivity index (χ4n) is 2.09. The van der Waals surface area contributed by atoms with Crippen molar-refractivity contribution in [2.45, 2.75) is 32.7 Å². The normalized spacial score (nSPS) is 10.8. The van der Waals surface area contributed by atoms with Crippen molar-refractivity contribution in [2.75, 3.05) is 13.2 Å². The minimum atomic E-state index is -0.194. The second-order valence-corrected chi connectivity index (χ2v) is 6.38. The number of halogens is 1. The molecular formula is C18H25ClN2O3. The van der Waals surface area contributed by atoms with Crippen molar-refractivity contribution in [3.63, 3.8) is 0 Å². The number of hydrogen-bond donors (Lipinski definition) is 2. The molecule has 2 aromatic rings.